The molecule has 1 heterocycles. The molecule has 0 N–H and O–H groups in total. The van der Waals surface area contributed by atoms with Crippen LogP contribution in [0.3, 0.4) is 0 Å². The van der Waals surface area contributed by atoms with Crippen LogP contribution in [-0.2, 0) is 25.3 Å². The van der Waals surface area contributed by atoms with Gasteiger partial charge in [0.05, 0.1) is 23.1 Å². The highest BCUT2D eigenvalue weighted by molar-refractivity contribution is 14.1. The second-order valence-corrected chi connectivity index (χ2v) is 6.30. The Labute approximate surface area is 149 Å². The number of halogens is 5. The lowest BCUT2D eigenvalue weighted by molar-refractivity contribution is -0.644. The van der Waals surface area contributed by atoms with Crippen molar-refractivity contribution in [3.63, 3.8) is 0 Å². The molecule has 5 nitrogen and oxygen atoms in total. The summed E-state index contributed by atoms with van der Waals surface area (Å²) in [5.41, 5.74) is -0.174. The first kappa shape index (κ1) is 20.4. The maximum absolute atomic E-state index is 12.6. The van der Waals surface area contributed by atoms with Crippen LogP contribution in [0.2, 0.25) is 5.02 Å². The van der Waals surface area contributed by atoms with E-state index in [1.807, 2.05) is 0 Å². The Morgan fingerprint density at radius 2 is 1.91 bits per heavy atom. The van der Waals surface area contributed by atoms with E-state index in [4.69, 9.17) is 11.6 Å². The van der Waals surface area contributed by atoms with Crippen molar-refractivity contribution in [2.75, 3.05) is 7.11 Å². The van der Waals surface area contributed by atoms with Crippen LogP contribution in [0, 0.1) is 0 Å². The van der Waals surface area contributed by atoms with Gasteiger partial charge in [-0.15, -0.1) is 0 Å². The monoisotopic (exact) mass is 483 g/mol. The highest BCUT2D eigenvalue weighted by Crippen LogP contribution is 2.32. The van der Waals surface area contributed by atoms with Crippen molar-refractivity contribution in [2.45, 2.75) is 10.7 Å². The summed E-state index contributed by atoms with van der Waals surface area (Å²) in [6.07, 6.45) is -2.66. The third kappa shape index (κ3) is 6.03. The van der Waals surface area contributed by atoms with E-state index in [1.165, 1.54) is 6.07 Å². The molecule has 128 valence electrons. The van der Waals surface area contributed by atoms with E-state index in [2.05, 4.69) is 26.8 Å². The van der Waals surface area contributed by atoms with Gasteiger partial charge in [-0.1, -0.05) is 11.6 Å². The van der Waals surface area contributed by atoms with E-state index in [0.29, 0.717) is 20.5 Å². The molecule has 0 spiro atoms. The zero-order chi connectivity index (χ0) is 17.8. The molecule has 0 unspecified atom stereocenters. The Morgan fingerprint density at radius 1 is 1.35 bits per heavy atom. The molecule has 0 aliphatic rings. The number of hydrogen-bond acceptors (Lipinski definition) is 4. The van der Waals surface area contributed by atoms with Gasteiger partial charge in [-0.2, -0.15) is 17.7 Å². The average Bonchev–Trinajstić information content (AvgIpc) is 2.46. The third-order valence-corrected chi connectivity index (χ3v) is 4.10. The zero-order valence-corrected chi connectivity index (χ0v) is 15.2. The Bertz CT molecular complexity index is 799. The number of benzene rings is 1. The standard InChI is InChI=1S/C11H7ClF3IN.CH4O4S/c12-9-3-4-17(6-16)10-5-7(11(13,14)15)1-2-8(9)10;1-5-6(2,3)4/h1-5H,6H2;1H3,(H,2,3,4)/q+1;/p-1. The quantitative estimate of drug-likeness (QED) is 0.216. The summed E-state index contributed by atoms with van der Waals surface area (Å²) in [6.45, 7) is 0. The van der Waals surface area contributed by atoms with E-state index in [0.717, 1.165) is 19.2 Å². The second kappa shape index (κ2) is 7.92. The molecule has 0 bridgehead atoms. The van der Waals surface area contributed by atoms with Crippen molar-refractivity contribution >= 4 is 55.5 Å². The SMILES string of the molecule is COS(=O)(=O)[O-].FC(F)(F)c1ccc2c(Cl)cc[n+](CI)c2c1. The van der Waals surface area contributed by atoms with Crippen LogP contribution in [0.1, 0.15) is 5.56 Å². The maximum Gasteiger partial charge on any atom is 0.416 e. The molecule has 0 fully saturated rings. The predicted octanol–water partition coefficient (Wildman–Crippen LogP) is 3.29. The van der Waals surface area contributed by atoms with Crippen molar-refractivity contribution in [1.82, 2.24) is 0 Å². The lowest BCUT2D eigenvalue weighted by Gasteiger charge is -2.07. The lowest BCUT2D eigenvalue weighted by atomic mass is 10.1. The summed E-state index contributed by atoms with van der Waals surface area (Å²) < 4.78 is 71.1. The van der Waals surface area contributed by atoms with Crippen LogP contribution < -0.4 is 4.57 Å². The van der Waals surface area contributed by atoms with E-state index in [9.17, 15) is 26.1 Å². The minimum Gasteiger partial charge on any atom is -0.726 e. The minimum absolute atomic E-state index is 0.454. The van der Waals surface area contributed by atoms with Gasteiger partial charge in [-0.05, 0) is 34.7 Å². The van der Waals surface area contributed by atoms with Crippen LogP contribution in [0.4, 0.5) is 13.2 Å². The first-order valence-electron chi connectivity index (χ1n) is 5.76. The van der Waals surface area contributed by atoms with Crippen molar-refractivity contribution < 1.29 is 34.9 Å². The summed E-state index contributed by atoms with van der Waals surface area (Å²) in [6, 6.07) is 5.25. The number of nitrogens with zero attached hydrogens (tertiary/aromatic N) is 1. The van der Waals surface area contributed by atoms with Gasteiger partial charge in [0.25, 0.3) is 0 Å². The maximum atomic E-state index is 12.6. The topological polar surface area (TPSA) is 70.3 Å². The summed E-state index contributed by atoms with van der Waals surface area (Å²) in [5, 5.41) is 1.08. The van der Waals surface area contributed by atoms with Gasteiger partial charge in [0.1, 0.15) is 0 Å². The van der Waals surface area contributed by atoms with E-state index in [-0.39, 0.29) is 0 Å². The summed E-state index contributed by atoms with van der Waals surface area (Å²) in [5.74, 6) is 0. The normalized spacial score (nSPS) is 12.0. The summed E-state index contributed by atoms with van der Waals surface area (Å²) in [4.78, 5) is 0. The lowest BCUT2D eigenvalue weighted by Crippen LogP contribution is -2.31. The molecule has 2 aromatic rings. The molecule has 23 heavy (non-hydrogen) atoms. The average molecular weight is 484 g/mol. The van der Waals surface area contributed by atoms with Gasteiger partial charge in [0.2, 0.25) is 15.9 Å². The number of aromatic nitrogens is 1. The number of alkyl halides is 4. The van der Waals surface area contributed by atoms with E-state index < -0.39 is 22.1 Å². The van der Waals surface area contributed by atoms with Crippen LogP contribution in [0.25, 0.3) is 10.9 Å². The van der Waals surface area contributed by atoms with Crippen molar-refractivity contribution in [1.29, 1.82) is 0 Å². The van der Waals surface area contributed by atoms with Crippen LogP contribution in [0.5, 0.6) is 0 Å². The Hall–Kier alpha value is -0.690. The fraction of sp³-hybridized carbons (Fsp3) is 0.250. The van der Waals surface area contributed by atoms with Crippen molar-refractivity contribution in [3.05, 3.63) is 41.0 Å². The highest BCUT2D eigenvalue weighted by atomic mass is 127. The van der Waals surface area contributed by atoms with Crippen molar-refractivity contribution in [3.8, 4) is 0 Å². The van der Waals surface area contributed by atoms with E-state index >= 15 is 0 Å². The fourth-order valence-electron chi connectivity index (χ4n) is 1.58. The number of rotatable bonds is 2. The Balaban J connectivity index is 0.000000379. The minimum atomic E-state index is -4.41. The third-order valence-electron chi connectivity index (χ3n) is 2.63. The van der Waals surface area contributed by atoms with Crippen LogP contribution >= 0.6 is 34.2 Å². The predicted molar refractivity (Wildman–Crippen MR) is 84.9 cm³/mol. The molecule has 0 aliphatic carbocycles. The Morgan fingerprint density at radius 3 is 2.35 bits per heavy atom. The van der Waals surface area contributed by atoms with Crippen molar-refractivity contribution in [2.24, 2.45) is 0 Å². The molecule has 1 aromatic heterocycles. The molecular weight excluding hydrogens is 474 g/mol. The summed E-state index contributed by atoms with van der Waals surface area (Å²) >= 11 is 8.04. The smallest absolute Gasteiger partial charge is 0.416 e. The number of hydrogen-bond donors (Lipinski definition) is 0. The molecule has 0 amide bonds. The van der Waals surface area contributed by atoms with Gasteiger partial charge in [0.15, 0.2) is 10.7 Å². The molecule has 2 rings (SSSR count). The van der Waals surface area contributed by atoms with Crippen LogP contribution in [0.15, 0.2) is 30.5 Å². The molecule has 0 saturated carbocycles. The van der Waals surface area contributed by atoms with Crippen LogP contribution in [-0.4, -0.2) is 20.1 Å². The van der Waals surface area contributed by atoms with Gasteiger partial charge >= 0.3 is 6.18 Å². The Kier molecular flexibility index (Phi) is 7.01. The van der Waals surface area contributed by atoms with Gasteiger partial charge in [-0.25, -0.2) is 8.42 Å². The largest absolute Gasteiger partial charge is 0.726 e. The summed E-state index contributed by atoms with van der Waals surface area (Å²) in [7, 11) is -3.60. The molecule has 0 atom stereocenters. The number of fused-ring (bicyclic) bond motifs is 1. The highest BCUT2D eigenvalue weighted by Gasteiger charge is 2.31. The molecule has 0 radical (unpaired) electrons. The van der Waals surface area contributed by atoms with E-state index in [1.54, 1.807) is 16.8 Å². The molecule has 0 aliphatic heterocycles. The second-order valence-electron chi connectivity index (χ2n) is 4.06. The van der Waals surface area contributed by atoms with Gasteiger partial charge in [0, 0.05) is 12.1 Å². The molecule has 0 saturated heterocycles. The zero-order valence-electron chi connectivity index (χ0n) is 11.5. The van der Waals surface area contributed by atoms with Gasteiger partial charge < -0.3 is 4.55 Å². The van der Waals surface area contributed by atoms with Gasteiger partial charge in [-0.3, -0.25) is 4.18 Å². The molecule has 11 heteroatoms. The molecule has 1 aromatic carbocycles. The first-order chi connectivity index (χ1) is 10.5. The molecular formula is C12H10ClF3INO4S. The first-order valence-corrected chi connectivity index (χ1v) is 8.99. The fourth-order valence-corrected chi connectivity index (χ4v) is 2.39. The number of pyridine rings is 1.